The molecule has 0 atom stereocenters. The number of carbonyl (C=O) groups is 1. The van der Waals surface area contributed by atoms with Crippen LogP contribution >= 0.6 is 0 Å². The molecule has 0 aliphatic rings. The Morgan fingerprint density at radius 1 is 1.41 bits per heavy atom. The van der Waals surface area contributed by atoms with Gasteiger partial charge in [-0.15, -0.1) is 0 Å². The molecule has 0 saturated carbocycles. The Balaban J connectivity index is 0.000000366. The average molecular weight is 264 g/mol. The van der Waals surface area contributed by atoms with Crippen molar-refractivity contribution in [2.24, 2.45) is 11.0 Å². The molecule has 0 amide bonds. The molecule has 0 aromatic heterocycles. The van der Waals surface area contributed by atoms with Crippen LogP contribution in [0.3, 0.4) is 0 Å². The summed E-state index contributed by atoms with van der Waals surface area (Å²) in [4.78, 5) is 10.2. The number of hydrogen-bond donors (Lipinski definition) is 3. The van der Waals surface area contributed by atoms with E-state index in [0.717, 1.165) is 0 Å². The number of phenolic OH excluding ortho intramolecular Hbond substituents is 1. The van der Waals surface area contributed by atoms with Gasteiger partial charge in [0.05, 0.1) is 7.11 Å². The van der Waals surface area contributed by atoms with E-state index in [4.69, 9.17) is 9.84 Å². The summed E-state index contributed by atoms with van der Waals surface area (Å²) in [6.45, 7) is 0. The van der Waals surface area contributed by atoms with Gasteiger partial charge in [0.15, 0.2) is 11.5 Å². The Labute approximate surface area is 98.0 Å². The molecular formula is C8H12N2O6S. The lowest BCUT2D eigenvalue weighted by Crippen LogP contribution is -2.19. The Morgan fingerprint density at radius 3 is 2.29 bits per heavy atom. The first-order valence-corrected chi connectivity index (χ1v) is 5.54. The number of methoxy groups -OCH3 is 1. The summed E-state index contributed by atoms with van der Waals surface area (Å²) in [6.07, 6.45) is 0.696. The fraction of sp³-hybridized carbons (Fsp3) is 0.125. The van der Waals surface area contributed by atoms with Crippen LogP contribution in [0.2, 0.25) is 0 Å². The van der Waals surface area contributed by atoms with Crippen molar-refractivity contribution in [1.82, 2.24) is 0 Å². The van der Waals surface area contributed by atoms with Crippen molar-refractivity contribution in [2.75, 3.05) is 7.11 Å². The quantitative estimate of drug-likeness (QED) is 0.483. The van der Waals surface area contributed by atoms with Crippen LogP contribution < -0.4 is 15.8 Å². The number of benzene rings is 1. The number of aldehydes is 1. The van der Waals surface area contributed by atoms with Crippen LogP contribution in [0.4, 0.5) is 0 Å². The minimum Gasteiger partial charge on any atom is -0.504 e. The molecule has 1 rings (SSSR count). The fourth-order valence-corrected chi connectivity index (χ4v) is 0.768. The van der Waals surface area contributed by atoms with Crippen LogP contribution in [0, 0.1) is 0 Å². The van der Waals surface area contributed by atoms with Gasteiger partial charge in [-0.05, 0) is 18.2 Å². The Hall–Kier alpha value is -1.68. The molecule has 0 unspecified atom stereocenters. The molecule has 9 heteroatoms. The maximum absolute atomic E-state index is 10.2. The van der Waals surface area contributed by atoms with Crippen molar-refractivity contribution in [2.45, 2.75) is 0 Å². The van der Waals surface area contributed by atoms with Crippen LogP contribution in [-0.2, 0) is 14.6 Å². The zero-order chi connectivity index (χ0) is 13.5. The van der Waals surface area contributed by atoms with E-state index in [0.29, 0.717) is 17.6 Å². The van der Waals surface area contributed by atoms with Gasteiger partial charge in [-0.1, -0.05) is 0 Å². The van der Waals surface area contributed by atoms with Gasteiger partial charge in [-0.2, -0.15) is 18.6 Å². The number of phenols is 1. The van der Waals surface area contributed by atoms with Gasteiger partial charge in [0.2, 0.25) is 0 Å². The molecule has 1 aromatic carbocycles. The minimum atomic E-state index is -3.88. The average Bonchev–Trinajstić information content (AvgIpc) is 2.29. The molecule has 1 aromatic rings. The van der Waals surface area contributed by atoms with Crippen molar-refractivity contribution in [3.05, 3.63) is 23.8 Å². The highest BCUT2D eigenvalue weighted by Gasteiger charge is 2.00. The zero-order valence-electron chi connectivity index (χ0n) is 8.86. The van der Waals surface area contributed by atoms with E-state index < -0.39 is 10.3 Å². The molecule has 0 saturated heterocycles. The Morgan fingerprint density at radius 2 is 1.94 bits per heavy atom. The van der Waals surface area contributed by atoms with Gasteiger partial charge in [-0.3, -0.25) is 4.79 Å². The third kappa shape index (κ3) is 6.48. The van der Waals surface area contributed by atoms with Crippen molar-refractivity contribution >= 4 is 16.6 Å². The number of aromatic hydroxyl groups is 1. The lowest BCUT2D eigenvalue weighted by atomic mass is 10.2. The van der Waals surface area contributed by atoms with Gasteiger partial charge < -0.3 is 9.84 Å². The van der Waals surface area contributed by atoms with Crippen LogP contribution in [0.15, 0.2) is 18.2 Å². The zero-order valence-corrected chi connectivity index (χ0v) is 9.68. The largest absolute Gasteiger partial charge is 0.504 e. The van der Waals surface area contributed by atoms with E-state index in [9.17, 15) is 13.2 Å². The number of hydrogen-bond acceptors (Lipinski definition) is 7. The van der Waals surface area contributed by atoms with Crippen LogP contribution in [-0.4, -0.2) is 26.9 Å². The maximum Gasteiger partial charge on any atom is 0.349 e. The molecule has 8 nitrogen and oxygen atoms in total. The second-order valence-electron chi connectivity index (χ2n) is 2.64. The van der Waals surface area contributed by atoms with Crippen LogP contribution in [0.5, 0.6) is 11.5 Å². The van der Waals surface area contributed by atoms with E-state index >= 15 is 0 Å². The summed E-state index contributed by atoms with van der Waals surface area (Å²) in [6, 6.07) is 4.41. The first-order valence-electron chi connectivity index (χ1n) is 4.07. The van der Waals surface area contributed by atoms with Gasteiger partial charge in [-0.25, -0.2) is 5.14 Å². The van der Waals surface area contributed by atoms with Crippen molar-refractivity contribution in [1.29, 1.82) is 0 Å². The van der Waals surface area contributed by atoms with Gasteiger partial charge in [0, 0.05) is 5.56 Å². The SMILES string of the molecule is COc1cc(C=O)ccc1O.NOS(N)(=O)=O. The Bertz CT molecular complexity index is 473. The van der Waals surface area contributed by atoms with E-state index in [1.807, 2.05) is 0 Å². The van der Waals surface area contributed by atoms with E-state index in [-0.39, 0.29) is 5.75 Å². The summed E-state index contributed by atoms with van der Waals surface area (Å²) < 4.78 is 26.8. The predicted molar refractivity (Wildman–Crippen MR) is 58.4 cm³/mol. The maximum atomic E-state index is 10.2. The van der Waals surface area contributed by atoms with E-state index in [2.05, 4.69) is 15.3 Å². The summed E-state index contributed by atoms with van der Waals surface area (Å²) in [5.74, 6) is 4.45. The third-order valence-electron chi connectivity index (χ3n) is 1.47. The van der Waals surface area contributed by atoms with Gasteiger partial charge in [0.1, 0.15) is 6.29 Å². The molecule has 0 bridgehead atoms. The molecular weight excluding hydrogens is 252 g/mol. The fourth-order valence-electron chi connectivity index (χ4n) is 0.768. The van der Waals surface area contributed by atoms with E-state index in [1.54, 1.807) is 0 Å². The van der Waals surface area contributed by atoms with Crippen molar-refractivity contribution in [3.8, 4) is 11.5 Å². The molecule has 5 N–H and O–H groups in total. The topological polar surface area (TPSA) is 142 Å². The molecule has 96 valence electrons. The number of carbonyl (C=O) groups excluding carboxylic acids is 1. The molecule has 0 aliphatic heterocycles. The van der Waals surface area contributed by atoms with Gasteiger partial charge >= 0.3 is 10.3 Å². The predicted octanol–water partition coefficient (Wildman–Crippen LogP) is -0.707. The first-order chi connectivity index (χ1) is 7.84. The molecule has 0 fully saturated rings. The second kappa shape index (κ2) is 6.81. The monoisotopic (exact) mass is 264 g/mol. The lowest BCUT2D eigenvalue weighted by Gasteiger charge is -2.01. The molecule has 0 heterocycles. The standard InChI is InChI=1S/C8H8O3.H4N2O3S/c1-11-8-4-6(5-9)2-3-7(8)10;1-5-6(2,3)4/h2-5,10H,1H3;1H2,(H2,2,3,4). The summed E-state index contributed by atoms with van der Waals surface area (Å²) in [5.41, 5.74) is 0.486. The highest BCUT2D eigenvalue weighted by molar-refractivity contribution is 7.84. The molecule has 0 radical (unpaired) electrons. The smallest absolute Gasteiger partial charge is 0.349 e. The second-order valence-corrected chi connectivity index (χ2v) is 3.82. The summed E-state index contributed by atoms with van der Waals surface area (Å²) in [5, 5.41) is 13.2. The van der Waals surface area contributed by atoms with E-state index in [1.165, 1.54) is 25.3 Å². The van der Waals surface area contributed by atoms with Crippen LogP contribution in [0.1, 0.15) is 10.4 Å². The summed E-state index contributed by atoms with van der Waals surface area (Å²) in [7, 11) is -2.45. The number of nitrogens with two attached hydrogens (primary N) is 2. The number of rotatable bonds is 3. The number of ether oxygens (including phenoxy) is 1. The minimum absolute atomic E-state index is 0.0399. The Kier molecular flexibility index (Phi) is 6.13. The molecule has 17 heavy (non-hydrogen) atoms. The highest BCUT2D eigenvalue weighted by Crippen LogP contribution is 2.25. The van der Waals surface area contributed by atoms with Crippen LogP contribution in [0.25, 0.3) is 0 Å². The van der Waals surface area contributed by atoms with Crippen molar-refractivity contribution in [3.63, 3.8) is 0 Å². The third-order valence-corrected chi connectivity index (χ3v) is 1.74. The molecule has 0 spiro atoms. The first kappa shape index (κ1) is 15.3. The highest BCUT2D eigenvalue weighted by atomic mass is 32.2. The van der Waals surface area contributed by atoms with Gasteiger partial charge in [0.25, 0.3) is 0 Å². The molecule has 0 aliphatic carbocycles. The normalized spacial score (nSPS) is 10.1. The summed E-state index contributed by atoms with van der Waals surface area (Å²) >= 11 is 0. The van der Waals surface area contributed by atoms with Crippen molar-refractivity contribution < 1.29 is 27.3 Å². The lowest BCUT2D eigenvalue weighted by molar-refractivity contribution is 0.112.